The molecule has 1 N–H and O–H groups in total. The molecular weight excluding hydrogens is 443 g/mol. The van der Waals surface area contributed by atoms with Gasteiger partial charge in [-0.2, -0.15) is 0 Å². The molecule has 2 aromatic heterocycles. The first-order chi connectivity index (χ1) is 15.9. The molecule has 0 saturated carbocycles. The van der Waals surface area contributed by atoms with Gasteiger partial charge in [-0.15, -0.1) is 11.3 Å². The Morgan fingerprint density at radius 3 is 2.73 bits per heavy atom. The van der Waals surface area contributed by atoms with E-state index >= 15 is 0 Å². The average molecular weight is 463 g/mol. The predicted molar refractivity (Wildman–Crippen MR) is 126 cm³/mol. The molecule has 7 nitrogen and oxygen atoms in total. The van der Waals surface area contributed by atoms with E-state index in [0.29, 0.717) is 33.6 Å². The van der Waals surface area contributed by atoms with Crippen LogP contribution in [0, 0.1) is 5.82 Å². The SMILES string of the molecule is CC(=O)N1CCc2cc(NC(=O)Cn3cnc4scc(-c5ccc(F)cc5)c4c3=O)ccc21. The van der Waals surface area contributed by atoms with E-state index in [0.717, 1.165) is 17.7 Å². The van der Waals surface area contributed by atoms with Gasteiger partial charge in [-0.05, 0) is 47.9 Å². The first kappa shape index (κ1) is 21.0. The second kappa shape index (κ2) is 8.25. The Hall–Kier alpha value is -3.85. The summed E-state index contributed by atoms with van der Waals surface area (Å²) in [5, 5.41) is 5.03. The van der Waals surface area contributed by atoms with Crippen LogP contribution in [0.5, 0.6) is 0 Å². The van der Waals surface area contributed by atoms with Gasteiger partial charge in [0.05, 0.1) is 11.7 Å². The summed E-state index contributed by atoms with van der Waals surface area (Å²) in [6.45, 7) is 1.96. The number of fused-ring (bicyclic) bond motifs is 2. The third-order valence-corrected chi connectivity index (χ3v) is 6.56. The van der Waals surface area contributed by atoms with Crippen LogP contribution in [0.15, 0.2) is 59.0 Å². The molecule has 166 valence electrons. The number of thiophene rings is 1. The molecule has 1 aliphatic rings. The summed E-state index contributed by atoms with van der Waals surface area (Å²) in [5.74, 6) is -0.731. The Kier molecular flexibility index (Phi) is 5.26. The zero-order chi connectivity index (χ0) is 23.1. The number of amides is 2. The molecule has 1 aliphatic heterocycles. The zero-order valence-electron chi connectivity index (χ0n) is 17.7. The van der Waals surface area contributed by atoms with Gasteiger partial charge in [-0.3, -0.25) is 19.0 Å². The summed E-state index contributed by atoms with van der Waals surface area (Å²) in [4.78, 5) is 44.1. The average Bonchev–Trinajstić information content (AvgIpc) is 3.41. The monoisotopic (exact) mass is 462 g/mol. The van der Waals surface area contributed by atoms with Crippen LogP contribution in [0.1, 0.15) is 12.5 Å². The minimum Gasteiger partial charge on any atom is -0.325 e. The number of hydrogen-bond acceptors (Lipinski definition) is 5. The standard InChI is InChI=1S/C24H19FN4O3S/c1-14(30)29-9-8-16-10-18(6-7-20(16)29)27-21(31)11-28-13-26-23-22(24(28)32)19(12-33-23)15-2-4-17(25)5-3-15/h2-7,10,12-13H,8-9,11H2,1H3,(H,27,31). The van der Waals surface area contributed by atoms with Crippen molar-refractivity contribution in [2.75, 3.05) is 16.8 Å². The highest BCUT2D eigenvalue weighted by Gasteiger charge is 2.22. The highest BCUT2D eigenvalue weighted by molar-refractivity contribution is 7.17. The van der Waals surface area contributed by atoms with E-state index in [9.17, 15) is 18.8 Å². The van der Waals surface area contributed by atoms with Crippen LogP contribution in [0.4, 0.5) is 15.8 Å². The minimum atomic E-state index is -0.363. The van der Waals surface area contributed by atoms with Gasteiger partial charge in [0.15, 0.2) is 0 Å². The second-order valence-corrected chi connectivity index (χ2v) is 8.68. The van der Waals surface area contributed by atoms with Crippen molar-refractivity contribution < 1.29 is 14.0 Å². The van der Waals surface area contributed by atoms with Gasteiger partial charge in [0.1, 0.15) is 17.2 Å². The van der Waals surface area contributed by atoms with Crippen LogP contribution in [0.25, 0.3) is 21.3 Å². The van der Waals surface area contributed by atoms with Gasteiger partial charge in [0, 0.05) is 35.8 Å². The van der Waals surface area contributed by atoms with E-state index in [1.807, 2.05) is 17.5 Å². The number of benzene rings is 2. The Morgan fingerprint density at radius 2 is 1.97 bits per heavy atom. The van der Waals surface area contributed by atoms with E-state index in [2.05, 4.69) is 10.3 Å². The normalized spacial score (nSPS) is 12.7. The van der Waals surface area contributed by atoms with Gasteiger partial charge in [0.2, 0.25) is 11.8 Å². The van der Waals surface area contributed by atoms with Crippen LogP contribution in [-0.2, 0) is 22.6 Å². The molecule has 2 amide bonds. The maximum atomic E-state index is 13.3. The molecular formula is C24H19FN4O3S. The van der Waals surface area contributed by atoms with Gasteiger partial charge in [-0.1, -0.05) is 12.1 Å². The van der Waals surface area contributed by atoms with E-state index in [1.165, 1.54) is 41.3 Å². The van der Waals surface area contributed by atoms with Gasteiger partial charge in [-0.25, -0.2) is 9.37 Å². The minimum absolute atomic E-state index is 0.0127. The number of aromatic nitrogens is 2. The third-order valence-electron chi connectivity index (χ3n) is 5.67. The van der Waals surface area contributed by atoms with Crippen molar-refractivity contribution in [3.05, 3.63) is 75.9 Å². The molecule has 0 atom stereocenters. The zero-order valence-corrected chi connectivity index (χ0v) is 18.5. The van der Waals surface area contributed by atoms with Crippen LogP contribution in [-0.4, -0.2) is 27.9 Å². The Labute approximate surface area is 192 Å². The van der Waals surface area contributed by atoms with Crippen LogP contribution in [0.3, 0.4) is 0 Å². The van der Waals surface area contributed by atoms with E-state index in [1.54, 1.807) is 23.1 Å². The molecule has 0 aliphatic carbocycles. The quantitative estimate of drug-likeness (QED) is 0.500. The Bertz CT molecular complexity index is 1460. The molecule has 33 heavy (non-hydrogen) atoms. The number of halogens is 1. The molecule has 0 saturated heterocycles. The number of carbonyl (C=O) groups is 2. The van der Waals surface area contributed by atoms with Crippen LogP contribution >= 0.6 is 11.3 Å². The molecule has 0 radical (unpaired) electrons. The lowest BCUT2D eigenvalue weighted by Crippen LogP contribution is -2.28. The molecule has 3 heterocycles. The fourth-order valence-electron chi connectivity index (χ4n) is 4.08. The Balaban J connectivity index is 1.38. The maximum Gasteiger partial charge on any atom is 0.263 e. The van der Waals surface area contributed by atoms with Crippen molar-refractivity contribution in [3.8, 4) is 11.1 Å². The largest absolute Gasteiger partial charge is 0.325 e. The van der Waals surface area contributed by atoms with Crippen molar-refractivity contribution >= 4 is 44.7 Å². The summed E-state index contributed by atoms with van der Waals surface area (Å²) in [5.41, 5.74) is 3.50. The van der Waals surface area contributed by atoms with Gasteiger partial charge < -0.3 is 10.2 Å². The number of nitrogens with zero attached hydrogens (tertiary/aromatic N) is 3. The summed E-state index contributed by atoms with van der Waals surface area (Å²) in [6, 6.07) is 11.3. The summed E-state index contributed by atoms with van der Waals surface area (Å²) in [6.07, 6.45) is 2.09. The molecule has 9 heteroatoms. The summed E-state index contributed by atoms with van der Waals surface area (Å²) in [7, 11) is 0. The lowest BCUT2D eigenvalue weighted by atomic mass is 10.1. The van der Waals surface area contributed by atoms with Crippen molar-refractivity contribution in [1.82, 2.24) is 9.55 Å². The van der Waals surface area contributed by atoms with Crippen molar-refractivity contribution in [2.45, 2.75) is 19.9 Å². The van der Waals surface area contributed by atoms with Crippen LogP contribution in [0.2, 0.25) is 0 Å². The molecule has 0 spiro atoms. The molecule has 5 rings (SSSR count). The fourth-order valence-corrected chi connectivity index (χ4v) is 4.99. The van der Waals surface area contributed by atoms with E-state index < -0.39 is 0 Å². The summed E-state index contributed by atoms with van der Waals surface area (Å²) < 4.78 is 14.6. The molecule has 0 bridgehead atoms. The fraction of sp³-hybridized carbons (Fsp3) is 0.167. The third kappa shape index (κ3) is 3.91. The first-order valence-corrected chi connectivity index (χ1v) is 11.2. The first-order valence-electron chi connectivity index (χ1n) is 10.3. The predicted octanol–water partition coefficient (Wildman–Crippen LogP) is 3.81. The molecule has 4 aromatic rings. The van der Waals surface area contributed by atoms with Gasteiger partial charge >= 0.3 is 0 Å². The molecule has 2 aromatic carbocycles. The molecule has 0 fully saturated rings. The number of rotatable bonds is 4. The second-order valence-electron chi connectivity index (χ2n) is 7.83. The molecule has 0 unspecified atom stereocenters. The lowest BCUT2D eigenvalue weighted by Gasteiger charge is -2.15. The highest BCUT2D eigenvalue weighted by atomic mass is 32.1. The van der Waals surface area contributed by atoms with Crippen LogP contribution < -0.4 is 15.8 Å². The number of nitrogens with one attached hydrogen (secondary N) is 1. The van der Waals surface area contributed by atoms with E-state index in [-0.39, 0.29) is 29.7 Å². The summed E-state index contributed by atoms with van der Waals surface area (Å²) >= 11 is 1.32. The smallest absolute Gasteiger partial charge is 0.263 e. The highest BCUT2D eigenvalue weighted by Crippen LogP contribution is 2.31. The topological polar surface area (TPSA) is 84.3 Å². The van der Waals surface area contributed by atoms with E-state index in [4.69, 9.17) is 0 Å². The van der Waals surface area contributed by atoms with Gasteiger partial charge in [0.25, 0.3) is 5.56 Å². The number of anilines is 2. The number of hydrogen-bond donors (Lipinski definition) is 1. The van der Waals surface area contributed by atoms with Crippen molar-refractivity contribution in [3.63, 3.8) is 0 Å². The van der Waals surface area contributed by atoms with Crippen molar-refractivity contribution in [1.29, 1.82) is 0 Å². The van der Waals surface area contributed by atoms with Crippen molar-refractivity contribution in [2.24, 2.45) is 0 Å². The lowest BCUT2D eigenvalue weighted by molar-refractivity contribution is -0.117. The maximum absolute atomic E-state index is 13.3. The Morgan fingerprint density at radius 1 is 1.18 bits per heavy atom. The number of carbonyl (C=O) groups excluding carboxylic acids is 2.